The van der Waals surface area contributed by atoms with E-state index in [1.54, 1.807) is 30.3 Å². The Bertz CT molecular complexity index is 1370. The lowest BCUT2D eigenvalue weighted by molar-refractivity contribution is -0.134. The summed E-state index contributed by atoms with van der Waals surface area (Å²) in [6.45, 7) is 1.29. The molecule has 1 atom stereocenters. The normalized spacial score (nSPS) is 11.5. The largest absolute Gasteiger partial charge is 0.490 e. The Morgan fingerprint density at radius 2 is 1.26 bits per heavy atom. The molecule has 1 unspecified atom stereocenters. The van der Waals surface area contributed by atoms with Crippen LogP contribution in [0.5, 0.6) is 23.0 Å². The number of halogens is 1. The van der Waals surface area contributed by atoms with E-state index in [1.165, 1.54) is 21.1 Å². The summed E-state index contributed by atoms with van der Waals surface area (Å²) < 4.78 is 22.5. The van der Waals surface area contributed by atoms with Gasteiger partial charge in [-0.15, -0.1) is 11.6 Å². The average Bonchev–Trinajstić information content (AvgIpc) is 2.89. The van der Waals surface area contributed by atoms with Crippen LogP contribution in [0.15, 0.2) is 78.9 Å². The van der Waals surface area contributed by atoms with Gasteiger partial charge in [-0.05, 0) is 28.8 Å². The highest BCUT2D eigenvalue weighted by molar-refractivity contribution is 6.30. The molecular formula is C28H23ClO6. The van der Waals surface area contributed by atoms with E-state index < -0.39 is 17.3 Å². The molecule has 0 saturated heterocycles. The van der Waals surface area contributed by atoms with Gasteiger partial charge < -0.3 is 18.9 Å². The predicted octanol–water partition coefficient (Wildman–Crippen LogP) is 6.33. The number of alkyl halides is 1. The lowest BCUT2D eigenvalue weighted by atomic mass is 9.99. The highest BCUT2D eigenvalue weighted by Crippen LogP contribution is 2.52. The van der Waals surface area contributed by atoms with Crippen LogP contribution in [0, 0.1) is 0 Å². The van der Waals surface area contributed by atoms with Crippen molar-refractivity contribution in [3.8, 4) is 34.1 Å². The standard InChI is InChI=1S/C28H23ClO6/c1-17(30)34-24-21-15-14-20(18-10-6-4-7-11-18)16-22(21)25(27(33-3)26(24)32-2)35-28(31)23(29)19-12-8-5-9-13-19/h4-16,23H,1-3H3. The smallest absolute Gasteiger partial charge is 0.334 e. The Balaban J connectivity index is 1.93. The quantitative estimate of drug-likeness (QED) is 0.171. The highest BCUT2D eigenvalue weighted by atomic mass is 35.5. The fourth-order valence-corrected chi connectivity index (χ4v) is 4.01. The number of ether oxygens (including phenoxy) is 4. The van der Waals surface area contributed by atoms with Gasteiger partial charge in [-0.1, -0.05) is 66.7 Å². The number of carbonyl (C=O) groups excluding carboxylic acids is 2. The molecule has 4 aromatic rings. The van der Waals surface area contributed by atoms with Crippen LogP contribution in [0.3, 0.4) is 0 Å². The van der Waals surface area contributed by atoms with Gasteiger partial charge in [-0.25, -0.2) is 4.79 Å². The van der Waals surface area contributed by atoms with Crippen LogP contribution in [0.1, 0.15) is 17.9 Å². The topological polar surface area (TPSA) is 71.1 Å². The Kier molecular flexibility index (Phi) is 7.22. The molecule has 35 heavy (non-hydrogen) atoms. The van der Waals surface area contributed by atoms with Crippen LogP contribution in [-0.2, 0) is 9.59 Å². The zero-order chi connectivity index (χ0) is 24.9. The van der Waals surface area contributed by atoms with Gasteiger partial charge in [-0.3, -0.25) is 4.79 Å². The highest BCUT2D eigenvalue weighted by Gasteiger charge is 2.29. The van der Waals surface area contributed by atoms with E-state index in [0.717, 1.165) is 11.1 Å². The van der Waals surface area contributed by atoms with Crippen molar-refractivity contribution < 1.29 is 28.5 Å². The fourth-order valence-electron chi connectivity index (χ4n) is 3.82. The van der Waals surface area contributed by atoms with Crippen molar-refractivity contribution in [3.05, 3.63) is 84.4 Å². The molecule has 0 heterocycles. The maximum Gasteiger partial charge on any atom is 0.334 e. The molecule has 0 radical (unpaired) electrons. The van der Waals surface area contributed by atoms with Crippen LogP contribution < -0.4 is 18.9 Å². The first kappa shape index (κ1) is 24.1. The number of methoxy groups -OCH3 is 2. The lowest BCUT2D eigenvalue weighted by Crippen LogP contribution is -2.16. The second-order valence-corrected chi connectivity index (χ2v) is 8.08. The summed E-state index contributed by atoms with van der Waals surface area (Å²) in [4.78, 5) is 25.0. The minimum absolute atomic E-state index is 0.103. The van der Waals surface area contributed by atoms with E-state index in [-0.39, 0.29) is 23.0 Å². The third-order valence-corrected chi connectivity index (χ3v) is 5.82. The van der Waals surface area contributed by atoms with E-state index in [4.69, 9.17) is 30.5 Å². The maximum absolute atomic E-state index is 13.1. The molecule has 6 nitrogen and oxygen atoms in total. The Labute approximate surface area is 207 Å². The van der Waals surface area contributed by atoms with Gasteiger partial charge in [0.05, 0.1) is 14.2 Å². The molecule has 0 aliphatic rings. The number of esters is 2. The monoisotopic (exact) mass is 490 g/mol. The van der Waals surface area contributed by atoms with E-state index in [1.807, 2.05) is 48.5 Å². The summed E-state index contributed by atoms with van der Waals surface area (Å²) in [6.07, 6.45) is 0. The fraction of sp³-hybridized carbons (Fsp3) is 0.143. The molecule has 0 bridgehead atoms. The molecule has 178 valence electrons. The number of hydrogen-bond donors (Lipinski definition) is 0. The second-order valence-electron chi connectivity index (χ2n) is 7.64. The van der Waals surface area contributed by atoms with Crippen molar-refractivity contribution in [1.29, 1.82) is 0 Å². The summed E-state index contributed by atoms with van der Waals surface area (Å²) >= 11 is 6.44. The molecule has 7 heteroatoms. The van der Waals surface area contributed by atoms with Crippen LogP contribution in [-0.4, -0.2) is 26.2 Å². The first-order valence-electron chi connectivity index (χ1n) is 10.8. The van der Waals surface area contributed by atoms with Crippen molar-refractivity contribution in [2.24, 2.45) is 0 Å². The van der Waals surface area contributed by atoms with Crippen LogP contribution >= 0.6 is 11.6 Å². The molecule has 0 amide bonds. The number of carbonyl (C=O) groups is 2. The van der Waals surface area contributed by atoms with Crippen molar-refractivity contribution in [3.63, 3.8) is 0 Å². The first-order valence-corrected chi connectivity index (χ1v) is 11.2. The molecule has 0 N–H and O–H groups in total. The predicted molar refractivity (Wildman–Crippen MR) is 134 cm³/mol. The molecule has 4 rings (SSSR count). The van der Waals surface area contributed by atoms with E-state index >= 15 is 0 Å². The minimum atomic E-state index is -1.05. The SMILES string of the molecule is COc1c(OC)c(OC(=O)C(Cl)c2ccccc2)c2cc(-c3ccccc3)ccc2c1OC(C)=O. The summed E-state index contributed by atoms with van der Waals surface area (Å²) in [5.74, 6) is -0.724. The minimum Gasteiger partial charge on any atom is -0.490 e. The summed E-state index contributed by atoms with van der Waals surface area (Å²) in [7, 11) is 2.82. The Hall–Kier alpha value is -4.03. The molecule has 0 aromatic heterocycles. The van der Waals surface area contributed by atoms with Gasteiger partial charge in [0.25, 0.3) is 0 Å². The number of rotatable bonds is 7. The first-order chi connectivity index (χ1) is 16.9. The molecule has 0 spiro atoms. The molecule has 0 saturated carbocycles. The van der Waals surface area contributed by atoms with Gasteiger partial charge in [0, 0.05) is 17.7 Å². The maximum atomic E-state index is 13.1. The summed E-state index contributed by atoms with van der Waals surface area (Å²) in [5.41, 5.74) is 2.41. The van der Waals surface area contributed by atoms with Crippen LogP contribution in [0.25, 0.3) is 21.9 Å². The molecule has 0 aliphatic carbocycles. The van der Waals surface area contributed by atoms with Crippen molar-refractivity contribution in [2.75, 3.05) is 14.2 Å². The second kappa shape index (κ2) is 10.5. The molecular weight excluding hydrogens is 468 g/mol. The van der Waals surface area contributed by atoms with Gasteiger partial charge in [0.15, 0.2) is 16.9 Å². The van der Waals surface area contributed by atoms with Crippen molar-refractivity contribution in [1.82, 2.24) is 0 Å². The zero-order valence-electron chi connectivity index (χ0n) is 19.4. The molecule has 0 fully saturated rings. The molecule has 0 aliphatic heterocycles. The van der Waals surface area contributed by atoms with Crippen molar-refractivity contribution >= 4 is 34.3 Å². The van der Waals surface area contributed by atoms with E-state index in [0.29, 0.717) is 16.3 Å². The number of fused-ring (bicyclic) bond motifs is 1. The average molecular weight is 491 g/mol. The number of benzene rings is 4. The van der Waals surface area contributed by atoms with Crippen LogP contribution in [0.4, 0.5) is 0 Å². The van der Waals surface area contributed by atoms with Gasteiger partial charge >= 0.3 is 11.9 Å². The third kappa shape index (κ3) is 4.93. The number of hydrogen-bond acceptors (Lipinski definition) is 6. The summed E-state index contributed by atoms with van der Waals surface area (Å²) in [6, 6.07) is 24.1. The Morgan fingerprint density at radius 3 is 1.83 bits per heavy atom. The Morgan fingerprint density at radius 1 is 0.686 bits per heavy atom. The summed E-state index contributed by atoms with van der Waals surface area (Å²) in [5, 5.41) is -0.0518. The van der Waals surface area contributed by atoms with E-state index in [9.17, 15) is 9.59 Å². The lowest BCUT2D eigenvalue weighted by Gasteiger charge is -2.20. The van der Waals surface area contributed by atoms with Gasteiger partial charge in [0.2, 0.25) is 11.5 Å². The van der Waals surface area contributed by atoms with E-state index in [2.05, 4.69) is 0 Å². The van der Waals surface area contributed by atoms with Gasteiger partial charge in [-0.2, -0.15) is 0 Å². The zero-order valence-corrected chi connectivity index (χ0v) is 20.2. The van der Waals surface area contributed by atoms with Crippen LogP contribution in [0.2, 0.25) is 0 Å². The third-order valence-electron chi connectivity index (χ3n) is 5.39. The molecule has 4 aromatic carbocycles. The van der Waals surface area contributed by atoms with Gasteiger partial charge in [0.1, 0.15) is 0 Å². The van der Waals surface area contributed by atoms with Crippen molar-refractivity contribution in [2.45, 2.75) is 12.3 Å².